The van der Waals surface area contributed by atoms with Crippen molar-refractivity contribution in [2.24, 2.45) is 0 Å². The number of fused-ring (bicyclic) bond motifs is 1. The van der Waals surface area contributed by atoms with Crippen molar-refractivity contribution in [1.29, 1.82) is 0 Å². The molecule has 0 amide bonds. The zero-order chi connectivity index (χ0) is 11.7. The Morgan fingerprint density at radius 1 is 1.24 bits per heavy atom. The standard InChI is InChI=1S/C12H18N4O/c1-9-10-8-17-7-2-11(10)15-12(14-9)16-5-3-13-4-6-16/h13H,2-8H2,1H3. The van der Waals surface area contributed by atoms with E-state index in [1.165, 1.54) is 11.3 Å². The molecule has 0 spiro atoms. The Balaban J connectivity index is 1.92. The Bertz CT molecular complexity index is 415. The van der Waals surface area contributed by atoms with E-state index < -0.39 is 0 Å². The molecule has 1 N–H and O–H groups in total. The minimum Gasteiger partial charge on any atom is -0.376 e. The van der Waals surface area contributed by atoms with Gasteiger partial charge in [-0.15, -0.1) is 0 Å². The van der Waals surface area contributed by atoms with Gasteiger partial charge < -0.3 is 15.0 Å². The van der Waals surface area contributed by atoms with E-state index in [4.69, 9.17) is 9.72 Å². The number of ether oxygens (including phenoxy) is 1. The molecule has 0 bridgehead atoms. The molecule has 2 aliphatic rings. The number of aryl methyl sites for hydroxylation is 1. The Labute approximate surface area is 101 Å². The first kappa shape index (κ1) is 10.9. The van der Waals surface area contributed by atoms with Crippen LogP contribution in [0.25, 0.3) is 0 Å². The van der Waals surface area contributed by atoms with E-state index in [-0.39, 0.29) is 0 Å². The zero-order valence-corrected chi connectivity index (χ0v) is 10.2. The first-order chi connectivity index (χ1) is 8.34. The van der Waals surface area contributed by atoms with Crippen LogP contribution in [-0.2, 0) is 17.8 Å². The molecule has 5 heteroatoms. The molecule has 0 aromatic carbocycles. The van der Waals surface area contributed by atoms with Gasteiger partial charge in [-0.1, -0.05) is 0 Å². The van der Waals surface area contributed by atoms with Gasteiger partial charge in [0.1, 0.15) is 0 Å². The Morgan fingerprint density at radius 2 is 2.06 bits per heavy atom. The van der Waals surface area contributed by atoms with E-state index in [1.807, 2.05) is 0 Å². The maximum Gasteiger partial charge on any atom is 0.225 e. The lowest BCUT2D eigenvalue weighted by Gasteiger charge is -2.29. The van der Waals surface area contributed by atoms with Crippen LogP contribution in [0, 0.1) is 6.92 Å². The summed E-state index contributed by atoms with van der Waals surface area (Å²) >= 11 is 0. The van der Waals surface area contributed by atoms with Crippen molar-refractivity contribution in [3.63, 3.8) is 0 Å². The fourth-order valence-corrected chi connectivity index (χ4v) is 2.38. The summed E-state index contributed by atoms with van der Waals surface area (Å²) in [5.41, 5.74) is 3.44. The number of hydrogen-bond donors (Lipinski definition) is 1. The van der Waals surface area contributed by atoms with Gasteiger partial charge in [0.25, 0.3) is 0 Å². The fraction of sp³-hybridized carbons (Fsp3) is 0.667. The molecule has 0 saturated carbocycles. The van der Waals surface area contributed by atoms with Crippen molar-refractivity contribution in [2.75, 3.05) is 37.7 Å². The Hall–Kier alpha value is -1.20. The van der Waals surface area contributed by atoms with E-state index in [0.717, 1.165) is 50.8 Å². The number of piperazine rings is 1. The summed E-state index contributed by atoms with van der Waals surface area (Å²) in [5.74, 6) is 0.893. The van der Waals surface area contributed by atoms with Crippen LogP contribution < -0.4 is 10.2 Å². The van der Waals surface area contributed by atoms with E-state index >= 15 is 0 Å². The monoisotopic (exact) mass is 234 g/mol. The van der Waals surface area contributed by atoms with E-state index in [1.54, 1.807) is 0 Å². The van der Waals surface area contributed by atoms with Crippen molar-refractivity contribution in [2.45, 2.75) is 20.0 Å². The minimum absolute atomic E-state index is 0.670. The second-order valence-electron chi connectivity index (χ2n) is 4.57. The van der Waals surface area contributed by atoms with Gasteiger partial charge in [0.05, 0.1) is 18.9 Å². The van der Waals surface area contributed by atoms with Crippen molar-refractivity contribution < 1.29 is 4.74 Å². The number of rotatable bonds is 1. The summed E-state index contributed by atoms with van der Waals surface area (Å²) in [6.45, 7) is 7.53. The number of nitrogens with one attached hydrogen (secondary N) is 1. The molecule has 1 aromatic rings. The lowest BCUT2D eigenvalue weighted by Crippen LogP contribution is -2.44. The van der Waals surface area contributed by atoms with Crippen LogP contribution >= 0.6 is 0 Å². The van der Waals surface area contributed by atoms with Gasteiger partial charge in [0.2, 0.25) is 5.95 Å². The van der Waals surface area contributed by atoms with Crippen LogP contribution in [0.1, 0.15) is 17.0 Å². The zero-order valence-electron chi connectivity index (χ0n) is 10.2. The molecule has 5 nitrogen and oxygen atoms in total. The predicted octanol–water partition coefficient (Wildman–Crippen LogP) is 0.267. The van der Waals surface area contributed by atoms with Gasteiger partial charge in [-0.05, 0) is 6.92 Å². The fourth-order valence-electron chi connectivity index (χ4n) is 2.38. The van der Waals surface area contributed by atoms with Crippen molar-refractivity contribution >= 4 is 5.95 Å². The lowest BCUT2D eigenvalue weighted by molar-refractivity contribution is 0.108. The summed E-state index contributed by atoms with van der Waals surface area (Å²) in [6, 6.07) is 0. The highest BCUT2D eigenvalue weighted by Gasteiger charge is 2.19. The number of anilines is 1. The average Bonchev–Trinajstić information content (AvgIpc) is 2.40. The van der Waals surface area contributed by atoms with Crippen LogP contribution in [-0.4, -0.2) is 42.8 Å². The Morgan fingerprint density at radius 3 is 2.88 bits per heavy atom. The maximum atomic E-state index is 5.46. The smallest absolute Gasteiger partial charge is 0.225 e. The van der Waals surface area contributed by atoms with Crippen LogP contribution in [0.15, 0.2) is 0 Å². The summed E-state index contributed by atoms with van der Waals surface area (Å²) in [7, 11) is 0. The predicted molar refractivity (Wildman–Crippen MR) is 65.2 cm³/mol. The van der Waals surface area contributed by atoms with Crippen molar-refractivity contribution in [3.05, 3.63) is 17.0 Å². The third-order valence-corrected chi connectivity index (χ3v) is 3.42. The van der Waals surface area contributed by atoms with Gasteiger partial charge in [0.15, 0.2) is 0 Å². The molecule has 0 radical (unpaired) electrons. The van der Waals surface area contributed by atoms with Crippen molar-refractivity contribution in [1.82, 2.24) is 15.3 Å². The van der Waals surface area contributed by atoms with Gasteiger partial charge in [0, 0.05) is 43.9 Å². The first-order valence-corrected chi connectivity index (χ1v) is 6.24. The normalized spacial score (nSPS) is 20.2. The number of aromatic nitrogens is 2. The largest absolute Gasteiger partial charge is 0.376 e. The second-order valence-corrected chi connectivity index (χ2v) is 4.57. The molecule has 1 aromatic heterocycles. The van der Waals surface area contributed by atoms with Gasteiger partial charge in [-0.25, -0.2) is 9.97 Å². The topological polar surface area (TPSA) is 50.3 Å². The third kappa shape index (κ3) is 2.12. The number of hydrogen-bond acceptors (Lipinski definition) is 5. The average molecular weight is 234 g/mol. The third-order valence-electron chi connectivity index (χ3n) is 3.42. The van der Waals surface area contributed by atoms with Gasteiger partial charge >= 0.3 is 0 Å². The molecule has 0 aliphatic carbocycles. The SMILES string of the molecule is Cc1nc(N2CCNCC2)nc2c1COCC2. The van der Waals surface area contributed by atoms with Crippen LogP contribution in [0.2, 0.25) is 0 Å². The summed E-state index contributed by atoms with van der Waals surface area (Å²) in [5, 5.41) is 3.34. The molecular weight excluding hydrogens is 216 g/mol. The quantitative estimate of drug-likeness (QED) is 0.756. The molecule has 0 atom stereocenters. The van der Waals surface area contributed by atoms with Crippen LogP contribution in [0.5, 0.6) is 0 Å². The highest BCUT2D eigenvalue weighted by atomic mass is 16.5. The molecule has 2 aliphatic heterocycles. The van der Waals surface area contributed by atoms with Crippen molar-refractivity contribution in [3.8, 4) is 0 Å². The lowest BCUT2D eigenvalue weighted by atomic mass is 10.1. The summed E-state index contributed by atoms with van der Waals surface area (Å²) in [6.07, 6.45) is 0.914. The maximum absolute atomic E-state index is 5.46. The molecule has 1 saturated heterocycles. The molecule has 0 unspecified atom stereocenters. The Kier molecular flexibility index (Phi) is 2.94. The minimum atomic E-state index is 0.670. The molecule has 17 heavy (non-hydrogen) atoms. The van der Waals surface area contributed by atoms with Crippen LogP contribution in [0.4, 0.5) is 5.95 Å². The highest BCUT2D eigenvalue weighted by molar-refractivity contribution is 5.38. The molecular formula is C12H18N4O. The number of nitrogens with zero attached hydrogens (tertiary/aromatic N) is 3. The second kappa shape index (κ2) is 4.58. The van der Waals surface area contributed by atoms with E-state index in [0.29, 0.717) is 6.61 Å². The van der Waals surface area contributed by atoms with Gasteiger partial charge in [-0.2, -0.15) is 0 Å². The highest BCUT2D eigenvalue weighted by Crippen LogP contribution is 2.20. The molecule has 3 heterocycles. The molecule has 92 valence electrons. The van der Waals surface area contributed by atoms with E-state index in [9.17, 15) is 0 Å². The first-order valence-electron chi connectivity index (χ1n) is 6.24. The molecule has 1 fully saturated rings. The van der Waals surface area contributed by atoms with E-state index in [2.05, 4.69) is 22.1 Å². The summed E-state index contributed by atoms with van der Waals surface area (Å²) < 4.78 is 5.46. The van der Waals surface area contributed by atoms with Crippen LogP contribution in [0.3, 0.4) is 0 Å². The summed E-state index contributed by atoms with van der Waals surface area (Å²) in [4.78, 5) is 11.6. The molecule has 3 rings (SSSR count). The van der Waals surface area contributed by atoms with Gasteiger partial charge in [-0.3, -0.25) is 0 Å².